The zero-order valence-corrected chi connectivity index (χ0v) is 11.7. The molecule has 0 aliphatic heterocycles. The molecule has 4 nitrogen and oxygen atoms in total. The van der Waals surface area contributed by atoms with Gasteiger partial charge in [-0.05, 0) is 57.1 Å². The highest BCUT2D eigenvalue weighted by atomic mass is 32.2. The van der Waals surface area contributed by atoms with Gasteiger partial charge < -0.3 is 5.32 Å². The number of hydrogen-bond donors (Lipinski definition) is 2. The molecular weight excluding hydrogens is 255 g/mol. The van der Waals surface area contributed by atoms with Crippen LogP contribution in [-0.2, 0) is 10.0 Å². The molecule has 0 heterocycles. The molecule has 0 atom stereocenters. The van der Waals surface area contributed by atoms with Gasteiger partial charge in [-0.3, -0.25) is 0 Å². The summed E-state index contributed by atoms with van der Waals surface area (Å²) in [5.74, 6) is -0.357. The van der Waals surface area contributed by atoms with E-state index in [1.165, 1.54) is 12.1 Å². The van der Waals surface area contributed by atoms with Gasteiger partial charge in [0.15, 0.2) is 0 Å². The highest BCUT2D eigenvalue weighted by molar-refractivity contribution is 7.89. The third-order valence-electron chi connectivity index (χ3n) is 2.62. The van der Waals surface area contributed by atoms with E-state index in [9.17, 15) is 12.8 Å². The van der Waals surface area contributed by atoms with Gasteiger partial charge in [0.1, 0.15) is 5.82 Å². The molecule has 0 radical (unpaired) electrons. The molecule has 2 N–H and O–H groups in total. The minimum absolute atomic E-state index is 0.114. The molecule has 1 aromatic carbocycles. The van der Waals surface area contributed by atoms with E-state index in [4.69, 9.17) is 0 Å². The maximum absolute atomic E-state index is 13.4. The molecule has 102 valence electrons. The Kier molecular flexibility index (Phi) is 5.25. The lowest BCUT2D eigenvalue weighted by molar-refractivity contribution is 0.575. The quantitative estimate of drug-likeness (QED) is 0.769. The highest BCUT2D eigenvalue weighted by Gasteiger charge is 2.16. The van der Waals surface area contributed by atoms with Crippen molar-refractivity contribution >= 4 is 10.0 Å². The highest BCUT2D eigenvalue weighted by Crippen LogP contribution is 2.18. The summed E-state index contributed by atoms with van der Waals surface area (Å²) in [7, 11) is -1.74. The fourth-order valence-corrected chi connectivity index (χ4v) is 2.86. The van der Waals surface area contributed by atoms with Crippen molar-refractivity contribution in [3.05, 3.63) is 29.1 Å². The van der Waals surface area contributed by atoms with E-state index in [-0.39, 0.29) is 10.7 Å². The third kappa shape index (κ3) is 3.76. The minimum atomic E-state index is -3.55. The van der Waals surface area contributed by atoms with E-state index in [1.54, 1.807) is 20.9 Å². The standard InChI is InChI=1S/C12H19FN2O2S/c1-9-7-11(8-10(2)12(9)13)18(16,17)15-6-4-5-14-3/h7-8,14-15H,4-6H2,1-3H3. The zero-order chi connectivity index (χ0) is 13.8. The van der Waals surface area contributed by atoms with Crippen molar-refractivity contribution in [3.8, 4) is 0 Å². The summed E-state index contributed by atoms with van der Waals surface area (Å²) < 4.78 is 39.8. The van der Waals surface area contributed by atoms with Gasteiger partial charge in [0.2, 0.25) is 10.0 Å². The number of sulfonamides is 1. The Morgan fingerprint density at radius 2 is 1.72 bits per heavy atom. The van der Waals surface area contributed by atoms with Crippen LogP contribution in [0.15, 0.2) is 17.0 Å². The molecule has 0 bridgehead atoms. The van der Waals surface area contributed by atoms with Crippen molar-refractivity contribution in [1.29, 1.82) is 0 Å². The Morgan fingerprint density at radius 3 is 2.22 bits per heavy atom. The lowest BCUT2D eigenvalue weighted by Crippen LogP contribution is -2.27. The Labute approximate surface area is 108 Å². The lowest BCUT2D eigenvalue weighted by atomic mass is 10.1. The Hall–Kier alpha value is -0.980. The van der Waals surface area contributed by atoms with Crippen LogP contribution in [0.3, 0.4) is 0 Å². The first-order chi connectivity index (χ1) is 8.38. The second-order valence-electron chi connectivity index (χ2n) is 4.23. The maximum atomic E-state index is 13.4. The van der Waals surface area contributed by atoms with Gasteiger partial charge >= 0.3 is 0 Å². The van der Waals surface area contributed by atoms with Gasteiger partial charge in [-0.15, -0.1) is 0 Å². The topological polar surface area (TPSA) is 58.2 Å². The van der Waals surface area contributed by atoms with E-state index < -0.39 is 10.0 Å². The van der Waals surface area contributed by atoms with Crippen molar-refractivity contribution in [3.63, 3.8) is 0 Å². The summed E-state index contributed by atoms with van der Waals surface area (Å²) in [6, 6.07) is 2.70. The molecule has 0 saturated heterocycles. The lowest BCUT2D eigenvalue weighted by Gasteiger charge is -2.09. The fourth-order valence-electron chi connectivity index (χ4n) is 1.62. The smallest absolute Gasteiger partial charge is 0.240 e. The van der Waals surface area contributed by atoms with Gasteiger partial charge in [0.25, 0.3) is 0 Å². The predicted octanol–water partition coefficient (Wildman–Crippen LogP) is 1.33. The molecule has 1 rings (SSSR count). The van der Waals surface area contributed by atoms with Crippen molar-refractivity contribution in [2.24, 2.45) is 0 Å². The second kappa shape index (κ2) is 6.26. The van der Waals surface area contributed by atoms with Crippen LogP contribution in [0.1, 0.15) is 17.5 Å². The summed E-state index contributed by atoms with van der Waals surface area (Å²) in [4.78, 5) is 0.114. The summed E-state index contributed by atoms with van der Waals surface area (Å²) >= 11 is 0. The zero-order valence-electron chi connectivity index (χ0n) is 10.9. The fraction of sp³-hybridized carbons (Fsp3) is 0.500. The molecule has 0 unspecified atom stereocenters. The molecule has 0 fully saturated rings. The molecule has 0 amide bonds. The van der Waals surface area contributed by atoms with Crippen LogP contribution in [-0.4, -0.2) is 28.6 Å². The number of halogens is 1. The predicted molar refractivity (Wildman–Crippen MR) is 69.6 cm³/mol. The van der Waals surface area contributed by atoms with Crippen LogP contribution < -0.4 is 10.0 Å². The molecule has 0 aromatic heterocycles. The summed E-state index contributed by atoms with van der Waals surface area (Å²) in [5.41, 5.74) is 0.677. The van der Waals surface area contributed by atoms with Gasteiger partial charge in [-0.25, -0.2) is 17.5 Å². The monoisotopic (exact) mass is 274 g/mol. The Bertz CT molecular complexity index is 492. The normalized spacial score (nSPS) is 11.8. The summed E-state index contributed by atoms with van der Waals surface area (Å²) in [5, 5.41) is 2.94. The van der Waals surface area contributed by atoms with Gasteiger partial charge in [0, 0.05) is 6.54 Å². The molecular formula is C12H19FN2O2S. The molecule has 0 spiro atoms. The van der Waals surface area contributed by atoms with Crippen molar-refractivity contribution in [2.75, 3.05) is 20.1 Å². The Balaban J connectivity index is 2.85. The summed E-state index contributed by atoms with van der Waals surface area (Å²) in [6.07, 6.45) is 0.703. The number of hydrogen-bond acceptors (Lipinski definition) is 3. The number of nitrogens with one attached hydrogen (secondary N) is 2. The Morgan fingerprint density at radius 1 is 1.17 bits per heavy atom. The molecule has 0 aliphatic rings. The third-order valence-corrected chi connectivity index (χ3v) is 4.06. The number of aryl methyl sites for hydroxylation is 2. The van der Waals surface area contributed by atoms with Crippen LogP contribution in [0, 0.1) is 19.7 Å². The molecule has 0 saturated carbocycles. The minimum Gasteiger partial charge on any atom is -0.320 e. The van der Waals surface area contributed by atoms with E-state index in [0.717, 1.165) is 6.54 Å². The van der Waals surface area contributed by atoms with Crippen LogP contribution >= 0.6 is 0 Å². The van der Waals surface area contributed by atoms with Crippen LogP contribution in [0.2, 0.25) is 0 Å². The molecule has 1 aromatic rings. The summed E-state index contributed by atoms with van der Waals surface area (Å²) in [6.45, 7) is 4.22. The van der Waals surface area contributed by atoms with Crippen molar-refractivity contribution in [2.45, 2.75) is 25.2 Å². The molecule has 18 heavy (non-hydrogen) atoms. The number of rotatable bonds is 6. The second-order valence-corrected chi connectivity index (χ2v) is 5.99. The van der Waals surface area contributed by atoms with Gasteiger partial charge in [-0.2, -0.15) is 0 Å². The van der Waals surface area contributed by atoms with Crippen molar-refractivity contribution < 1.29 is 12.8 Å². The van der Waals surface area contributed by atoms with E-state index in [2.05, 4.69) is 10.0 Å². The molecule has 0 aliphatic carbocycles. The largest absolute Gasteiger partial charge is 0.320 e. The average molecular weight is 274 g/mol. The van der Waals surface area contributed by atoms with Gasteiger partial charge in [-0.1, -0.05) is 0 Å². The van der Waals surface area contributed by atoms with Crippen LogP contribution in [0.4, 0.5) is 4.39 Å². The van der Waals surface area contributed by atoms with Crippen molar-refractivity contribution in [1.82, 2.24) is 10.0 Å². The molecule has 6 heteroatoms. The first kappa shape index (κ1) is 15.1. The number of benzene rings is 1. The van der Waals surface area contributed by atoms with E-state index in [0.29, 0.717) is 24.1 Å². The maximum Gasteiger partial charge on any atom is 0.240 e. The van der Waals surface area contributed by atoms with Crippen LogP contribution in [0.5, 0.6) is 0 Å². The first-order valence-electron chi connectivity index (χ1n) is 5.79. The van der Waals surface area contributed by atoms with E-state index >= 15 is 0 Å². The van der Waals surface area contributed by atoms with E-state index in [1.807, 2.05) is 0 Å². The van der Waals surface area contributed by atoms with Gasteiger partial charge in [0.05, 0.1) is 4.90 Å². The average Bonchev–Trinajstić information content (AvgIpc) is 2.31. The first-order valence-corrected chi connectivity index (χ1v) is 7.28. The SMILES string of the molecule is CNCCCNS(=O)(=O)c1cc(C)c(F)c(C)c1. The van der Waals surface area contributed by atoms with Crippen LogP contribution in [0.25, 0.3) is 0 Å².